The molecular formula is C36H49N3O9. The lowest BCUT2D eigenvalue weighted by Crippen LogP contribution is -2.54. The number of carbonyl (C=O) groups excluding carboxylic acids is 1. The Morgan fingerprint density at radius 2 is 1.65 bits per heavy atom. The standard InChI is InChI=1S/C36H49N3O9/c1-20(4-12-30(40)41)26-9-10-27-25-8-7-23-19-24(14-16-35(23,2)28(25)15-17-36(26,27)3)47-34(44)22(6-13-31(42)43)18-21-5-11-29(39(45)46)33-32(21)37-48-38-33/h5,11,20,22-28H,4,6-10,12-19H2,1-3H3,(H,40,41)(H,42,43)/t20-,22-,23-,24-,25+,26?,27+,28+,35+,36-/m1/s1. The largest absolute Gasteiger partial charge is 0.481 e. The van der Waals surface area contributed by atoms with E-state index < -0.39 is 28.7 Å². The summed E-state index contributed by atoms with van der Waals surface area (Å²) in [5.41, 5.74) is 0.918. The summed E-state index contributed by atoms with van der Waals surface area (Å²) in [6.07, 6.45) is 10.5. The van der Waals surface area contributed by atoms with Crippen LogP contribution in [-0.2, 0) is 25.5 Å². The predicted molar refractivity (Wildman–Crippen MR) is 174 cm³/mol. The van der Waals surface area contributed by atoms with Gasteiger partial charge in [-0.15, -0.1) is 0 Å². The van der Waals surface area contributed by atoms with Crippen LogP contribution in [0, 0.1) is 62.4 Å². The Morgan fingerprint density at radius 1 is 0.958 bits per heavy atom. The molecule has 0 aliphatic heterocycles. The minimum Gasteiger partial charge on any atom is -0.481 e. The van der Waals surface area contributed by atoms with E-state index in [0.29, 0.717) is 41.1 Å². The predicted octanol–water partition coefficient (Wildman–Crippen LogP) is 7.23. The Labute approximate surface area is 280 Å². The first-order chi connectivity index (χ1) is 22.8. The Kier molecular flexibility index (Phi) is 9.56. The van der Waals surface area contributed by atoms with Crippen molar-refractivity contribution in [3.63, 3.8) is 0 Å². The molecule has 48 heavy (non-hydrogen) atoms. The first kappa shape index (κ1) is 34.3. The molecule has 0 radical (unpaired) electrons. The summed E-state index contributed by atoms with van der Waals surface area (Å²) in [4.78, 5) is 47.3. The van der Waals surface area contributed by atoms with E-state index in [1.54, 1.807) is 0 Å². The van der Waals surface area contributed by atoms with Crippen molar-refractivity contribution in [2.24, 2.45) is 52.3 Å². The van der Waals surface area contributed by atoms with Gasteiger partial charge in [-0.05, 0) is 145 Å². The second-order valence-electron chi connectivity index (χ2n) is 15.9. The topological polar surface area (TPSA) is 183 Å². The van der Waals surface area contributed by atoms with Gasteiger partial charge >= 0.3 is 23.6 Å². The van der Waals surface area contributed by atoms with Crippen LogP contribution in [-0.4, -0.2) is 49.5 Å². The van der Waals surface area contributed by atoms with Gasteiger partial charge in [-0.3, -0.25) is 24.5 Å². The molecule has 4 aliphatic carbocycles. The number of nitrogens with zero attached hydrogens (tertiary/aromatic N) is 3. The molecule has 4 aliphatic rings. The van der Waals surface area contributed by atoms with Gasteiger partial charge in [0.15, 0.2) is 0 Å². The van der Waals surface area contributed by atoms with Crippen LogP contribution < -0.4 is 0 Å². The SMILES string of the molecule is C[C@H](CCC(=O)O)C1CC[C@H]2[C@@H]3CC[C@@H]4C[C@H](OC(=O)[C@H](CCC(=O)O)Cc5ccc([N+](=O)[O-])c6nonc56)CC[C@]4(C)[C@H]3CC[C@]12C. The molecular weight excluding hydrogens is 618 g/mol. The normalized spacial score (nSPS) is 34.0. The molecule has 1 heterocycles. The number of nitro groups is 1. The maximum atomic E-state index is 13.7. The molecule has 0 amide bonds. The summed E-state index contributed by atoms with van der Waals surface area (Å²) in [5.74, 6) is 0.555. The van der Waals surface area contributed by atoms with E-state index >= 15 is 0 Å². The molecule has 0 bridgehead atoms. The van der Waals surface area contributed by atoms with Crippen molar-refractivity contribution >= 4 is 34.6 Å². The van der Waals surface area contributed by atoms with Crippen LogP contribution in [0.2, 0.25) is 0 Å². The van der Waals surface area contributed by atoms with Gasteiger partial charge in [0.05, 0.1) is 10.8 Å². The monoisotopic (exact) mass is 667 g/mol. The fraction of sp³-hybridized carbons (Fsp3) is 0.750. The molecule has 0 spiro atoms. The van der Waals surface area contributed by atoms with Gasteiger partial charge in [0.2, 0.25) is 5.52 Å². The number of nitro benzene ring substituents is 1. The van der Waals surface area contributed by atoms with Crippen molar-refractivity contribution in [1.82, 2.24) is 10.3 Å². The van der Waals surface area contributed by atoms with Gasteiger partial charge in [-0.2, -0.15) is 0 Å². The van der Waals surface area contributed by atoms with E-state index in [2.05, 4.69) is 31.1 Å². The molecule has 12 heteroatoms. The second kappa shape index (κ2) is 13.4. The van der Waals surface area contributed by atoms with Crippen molar-refractivity contribution in [3.05, 3.63) is 27.8 Å². The van der Waals surface area contributed by atoms with E-state index in [1.165, 1.54) is 44.2 Å². The summed E-state index contributed by atoms with van der Waals surface area (Å²) >= 11 is 0. The zero-order valence-electron chi connectivity index (χ0n) is 28.3. The number of benzene rings is 1. The molecule has 0 saturated heterocycles. The van der Waals surface area contributed by atoms with E-state index in [9.17, 15) is 34.7 Å². The molecule has 1 unspecified atom stereocenters. The zero-order chi connectivity index (χ0) is 34.4. The minimum absolute atomic E-state index is 0.00568. The number of carbonyl (C=O) groups is 3. The average Bonchev–Trinajstić information content (AvgIpc) is 3.67. The van der Waals surface area contributed by atoms with Crippen molar-refractivity contribution < 1.29 is 38.9 Å². The molecule has 1 aromatic heterocycles. The van der Waals surface area contributed by atoms with Crippen LogP contribution >= 0.6 is 0 Å². The summed E-state index contributed by atoms with van der Waals surface area (Å²) in [5, 5.41) is 37.6. The highest BCUT2D eigenvalue weighted by atomic mass is 16.6. The van der Waals surface area contributed by atoms with E-state index in [1.807, 2.05) is 0 Å². The zero-order valence-corrected chi connectivity index (χ0v) is 28.3. The number of rotatable bonds is 12. The number of non-ortho nitro benzene ring substituents is 1. The molecule has 1 aromatic carbocycles. The van der Waals surface area contributed by atoms with Crippen molar-refractivity contribution in [2.45, 2.75) is 117 Å². The quantitative estimate of drug-likeness (QED) is 0.132. The molecule has 2 N–H and O–H groups in total. The summed E-state index contributed by atoms with van der Waals surface area (Å²) in [7, 11) is 0. The van der Waals surface area contributed by atoms with Crippen molar-refractivity contribution in [3.8, 4) is 0 Å². The lowest BCUT2D eigenvalue weighted by Gasteiger charge is -2.61. The lowest BCUT2D eigenvalue weighted by molar-refractivity contribution is -0.383. The Balaban J connectivity index is 1.11. The number of hydrogen-bond donors (Lipinski definition) is 2. The van der Waals surface area contributed by atoms with E-state index in [4.69, 9.17) is 9.37 Å². The van der Waals surface area contributed by atoms with Crippen LogP contribution in [0.4, 0.5) is 5.69 Å². The average molecular weight is 668 g/mol. The third-order valence-electron chi connectivity index (χ3n) is 13.7. The van der Waals surface area contributed by atoms with Crippen LogP contribution in [0.25, 0.3) is 11.0 Å². The van der Waals surface area contributed by atoms with Crippen LogP contribution in [0.3, 0.4) is 0 Å². The number of hydrogen-bond acceptors (Lipinski definition) is 9. The fourth-order valence-corrected chi connectivity index (χ4v) is 11.2. The Morgan fingerprint density at radius 3 is 2.38 bits per heavy atom. The second-order valence-corrected chi connectivity index (χ2v) is 15.9. The number of carboxylic acid groups (broad SMARTS) is 2. The highest BCUT2D eigenvalue weighted by Crippen LogP contribution is 2.68. The third-order valence-corrected chi connectivity index (χ3v) is 13.7. The smallest absolute Gasteiger partial charge is 0.309 e. The highest BCUT2D eigenvalue weighted by Gasteiger charge is 2.60. The number of fused-ring (bicyclic) bond motifs is 6. The number of carboxylic acids is 2. The molecule has 262 valence electrons. The van der Waals surface area contributed by atoms with Gasteiger partial charge in [-0.25, -0.2) is 4.63 Å². The van der Waals surface area contributed by atoms with Gasteiger partial charge in [0.25, 0.3) is 0 Å². The third kappa shape index (κ3) is 6.31. The Hall–Kier alpha value is -3.57. The highest BCUT2D eigenvalue weighted by molar-refractivity contribution is 5.86. The fourth-order valence-electron chi connectivity index (χ4n) is 11.2. The Bertz CT molecular complexity index is 1560. The van der Waals surface area contributed by atoms with Crippen molar-refractivity contribution in [1.29, 1.82) is 0 Å². The van der Waals surface area contributed by atoms with Crippen molar-refractivity contribution in [2.75, 3.05) is 0 Å². The molecule has 4 saturated carbocycles. The minimum atomic E-state index is -1.01. The summed E-state index contributed by atoms with van der Waals surface area (Å²) < 4.78 is 11.0. The van der Waals surface area contributed by atoms with E-state index in [0.717, 1.165) is 32.1 Å². The molecule has 2 aromatic rings. The summed E-state index contributed by atoms with van der Waals surface area (Å²) in [6.45, 7) is 7.23. The number of aromatic nitrogens is 2. The van der Waals surface area contributed by atoms with Gasteiger partial charge in [0.1, 0.15) is 11.6 Å². The van der Waals surface area contributed by atoms with Crippen LogP contribution in [0.15, 0.2) is 16.8 Å². The number of ether oxygens (including phenoxy) is 1. The van der Waals surface area contributed by atoms with Crippen LogP contribution in [0.1, 0.15) is 110 Å². The lowest BCUT2D eigenvalue weighted by atomic mass is 9.44. The maximum Gasteiger partial charge on any atom is 0.309 e. The molecule has 6 rings (SSSR count). The first-order valence-electron chi connectivity index (χ1n) is 17.8. The molecule has 10 atom stereocenters. The number of esters is 1. The summed E-state index contributed by atoms with van der Waals surface area (Å²) in [6, 6.07) is 2.83. The van der Waals surface area contributed by atoms with E-state index in [-0.39, 0.29) is 59.3 Å². The molecule has 12 nitrogen and oxygen atoms in total. The van der Waals surface area contributed by atoms with Gasteiger partial charge in [-0.1, -0.05) is 20.8 Å². The number of aliphatic carboxylic acids is 2. The van der Waals surface area contributed by atoms with Gasteiger partial charge in [0, 0.05) is 18.9 Å². The first-order valence-corrected chi connectivity index (χ1v) is 17.8. The molecule has 4 fully saturated rings. The van der Waals surface area contributed by atoms with Crippen LogP contribution in [0.5, 0.6) is 0 Å². The van der Waals surface area contributed by atoms with Gasteiger partial charge < -0.3 is 14.9 Å². The maximum absolute atomic E-state index is 13.7.